The maximum atomic E-state index is 12.3. The summed E-state index contributed by atoms with van der Waals surface area (Å²) in [5.41, 5.74) is -0.0289. The average Bonchev–Trinajstić information content (AvgIpc) is 3.02. The number of carbonyl (C=O) groups is 1. The predicted octanol–water partition coefficient (Wildman–Crippen LogP) is 4.27. The normalized spacial score (nSPS) is 12.1. The minimum absolute atomic E-state index is 0.0325. The van der Waals surface area contributed by atoms with E-state index in [1.807, 2.05) is 20.8 Å². The van der Waals surface area contributed by atoms with Gasteiger partial charge < -0.3 is 14.6 Å². The summed E-state index contributed by atoms with van der Waals surface area (Å²) >= 11 is 0. The number of benzene rings is 1. The number of ether oxygens (including phenoxy) is 1. The highest BCUT2D eigenvalue weighted by molar-refractivity contribution is 5.92. The van der Waals surface area contributed by atoms with E-state index in [-0.39, 0.29) is 29.2 Å². The molecule has 1 N–H and O–H groups in total. The average molecular weight is 385 g/mol. The summed E-state index contributed by atoms with van der Waals surface area (Å²) in [6, 6.07) is 5.98. The Morgan fingerprint density at radius 3 is 2.56 bits per heavy atom. The molecule has 2 aromatic rings. The molecule has 0 aliphatic carbocycles. The van der Waals surface area contributed by atoms with Crippen LogP contribution in [0.3, 0.4) is 0 Å². The van der Waals surface area contributed by atoms with Crippen molar-refractivity contribution in [2.24, 2.45) is 0 Å². The maximum absolute atomic E-state index is 12.3. The number of anilines is 1. The van der Waals surface area contributed by atoms with Crippen LogP contribution < -0.4 is 10.1 Å². The van der Waals surface area contributed by atoms with E-state index in [9.17, 15) is 18.0 Å². The molecule has 0 bridgehead atoms. The lowest BCUT2D eigenvalue weighted by Crippen LogP contribution is -2.20. The summed E-state index contributed by atoms with van der Waals surface area (Å²) in [6.45, 7) is 4.47. The van der Waals surface area contributed by atoms with Crippen molar-refractivity contribution in [2.45, 2.75) is 51.6 Å². The fraction of sp³-hybridized carbons (Fsp3) is 0.500. The van der Waals surface area contributed by atoms with E-state index in [0.29, 0.717) is 24.6 Å². The third kappa shape index (κ3) is 6.92. The van der Waals surface area contributed by atoms with Crippen LogP contribution in [0.1, 0.15) is 45.3 Å². The van der Waals surface area contributed by atoms with E-state index in [0.717, 1.165) is 0 Å². The Bertz CT molecular complexity index is 767. The van der Waals surface area contributed by atoms with E-state index in [2.05, 4.69) is 15.5 Å². The van der Waals surface area contributed by atoms with Gasteiger partial charge in [0.25, 0.3) is 0 Å². The number of aromatic nitrogens is 2. The molecule has 0 radical (unpaired) electrons. The Morgan fingerprint density at radius 2 is 1.93 bits per heavy atom. The van der Waals surface area contributed by atoms with Gasteiger partial charge in [-0.25, -0.2) is 0 Å². The van der Waals surface area contributed by atoms with Gasteiger partial charge in [-0.2, -0.15) is 18.2 Å². The van der Waals surface area contributed by atoms with E-state index in [1.165, 1.54) is 18.2 Å². The molecule has 0 unspecified atom stereocenters. The van der Waals surface area contributed by atoms with Gasteiger partial charge in [-0.3, -0.25) is 4.79 Å². The molecule has 0 aliphatic heterocycles. The van der Waals surface area contributed by atoms with Crippen LogP contribution in [-0.2, 0) is 16.6 Å². The number of aryl methyl sites for hydroxylation is 1. The molecule has 9 heteroatoms. The van der Waals surface area contributed by atoms with E-state index >= 15 is 0 Å². The predicted molar refractivity (Wildman–Crippen MR) is 92.6 cm³/mol. The summed E-state index contributed by atoms with van der Waals surface area (Å²) in [5.74, 6) is 0.669. The second-order valence-electron chi connectivity index (χ2n) is 7.06. The lowest BCUT2D eigenvalue weighted by Gasteiger charge is -2.13. The zero-order valence-electron chi connectivity index (χ0n) is 15.4. The monoisotopic (exact) mass is 385 g/mol. The number of carbonyl (C=O) groups excluding carboxylic acids is 1. The molecule has 0 fully saturated rings. The molecule has 0 saturated heterocycles. The van der Waals surface area contributed by atoms with Crippen molar-refractivity contribution >= 4 is 11.6 Å². The summed E-state index contributed by atoms with van der Waals surface area (Å²) < 4.78 is 46.8. The number of nitrogens with one attached hydrogen (secondary N) is 1. The lowest BCUT2D eigenvalue weighted by molar-refractivity contribution is -0.153. The van der Waals surface area contributed by atoms with Crippen molar-refractivity contribution in [1.29, 1.82) is 0 Å². The minimum atomic E-state index is -4.45. The number of halogens is 3. The van der Waals surface area contributed by atoms with Crippen LogP contribution in [0.5, 0.6) is 5.75 Å². The summed E-state index contributed by atoms with van der Waals surface area (Å²) in [6.07, 6.45) is -3.40. The van der Waals surface area contributed by atoms with Crippen molar-refractivity contribution in [2.75, 3.05) is 11.9 Å². The largest absolute Gasteiger partial charge is 0.482 e. The summed E-state index contributed by atoms with van der Waals surface area (Å²) in [7, 11) is 0. The van der Waals surface area contributed by atoms with Crippen molar-refractivity contribution in [1.82, 2.24) is 10.1 Å². The topological polar surface area (TPSA) is 77.2 Å². The van der Waals surface area contributed by atoms with Crippen LogP contribution in [0.2, 0.25) is 0 Å². The second-order valence-corrected chi connectivity index (χ2v) is 7.06. The molecule has 0 aliphatic rings. The molecule has 1 aromatic heterocycles. The number of alkyl halides is 3. The van der Waals surface area contributed by atoms with Crippen molar-refractivity contribution in [3.05, 3.63) is 36.0 Å². The van der Waals surface area contributed by atoms with Gasteiger partial charge in [-0.15, -0.1) is 0 Å². The standard InChI is InChI=1S/C18H22F3N3O3/c1-17(2,3)16-23-15(27-24-16)10-6-9-14(25)22-12-7-4-5-8-13(12)26-11-18(19,20)21/h4-5,7-8H,6,9-11H2,1-3H3,(H,22,25). The zero-order valence-corrected chi connectivity index (χ0v) is 15.4. The van der Waals surface area contributed by atoms with E-state index in [4.69, 9.17) is 9.26 Å². The highest BCUT2D eigenvalue weighted by Gasteiger charge is 2.29. The number of rotatable bonds is 7. The van der Waals surface area contributed by atoms with Crippen molar-refractivity contribution in [3.8, 4) is 5.75 Å². The van der Waals surface area contributed by atoms with Gasteiger partial charge in [0.05, 0.1) is 5.69 Å². The number of hydrogen-bond acceptors (Lipinski definition) is 5. The number of hydrogen-bond donors (Lipinski definition) is 1. The molecule has 0 saturated carbocycles. The minimum Gasteiger partial charge on any atom is -0.482 e. The molecular weight excluding hydrogens is 363 g/mol. The zero-order chi connectivity index (χ0) is 20.1. The Hall–Kier alpha value is -2.58. The third-order valence-electron chi connectivity index (χ3n) is 3.49. The van der Waals surface area contributed by atoms with Gasteiger partial charge in [0.2, 0.25) is 11.8 Å². The van der Waals surface area contributed by atoms with Gasteiger partial charge in [0, 0.05) is 18.3 Å². The highest BCUT2D eigenvalue weighted by atomic mass is 19.4. The Labute approximate surface area is 155 Å². The van der Waals surface area contributed by atoms with Crippen LogP contribution in [0.25, 0.3) is 0 Å². The molecule has 1 aromatic carbocycles. The van der Waals surface area contributed by atoms with E-state index < -0.39 is 12.8 Å². The number of amides is 1. The Kier molecular flexibility index (Phi) is 6.45. The molecule has 0 spiro atoms. The summed E-state index contributed by atoms with van der Waals surface area (Å²) in [5, 5.41) is 6.47. The molecule has 27 heavy (non-hydrogen) atoms. The van der Waals surface area contributed by atoms with Gasteiger partial charge in [-0.1, -0.05) is 38.1 Å². The molecule has 148 valence electrons. The first-order chi connectivity index (χ1) is 12.5. The molecule has 0 atom stereocenters. The fourth-order valence-electron chi connectivity index (χ4n) is 2.13. The fourth-order valence-corrected chi connectivity index (χ4v) is 2.13. The Morgan fingerprint density at radius 1 is 1.22 bits per heavy atom. The van der Waals surface area contributed by atoms with Gasteiger partial charge in [0.1, 0.15) is 5.75 Å². The molecule has 1 heterocycles. The second kappa shape index (κ2) is 8.41. The van der Waals surface area contributed by atoms with Crippen LogP contribution in [0.15, 0.2) is 28.8 Å². The quantitative estimate of drug-likeness (QED) is 0.770. The first-order valence-corrected chi connectivity index (χ1v) is 8.46. The Balaban J connectivity index is 1.85. The molecule has 2 rings (SSSR count). The molecule has 6 nitrogen and oxygen atoms in total. The summed E-state index contributed by atoms with van der Waals surface area (Å²) in [4.78, 5) is 16.4. The van der Waals surface area contributed by atoms with Gasteiger partial charge in [-0.05, 0) is 18.6 Å². The van der Waals surface area contributed by atoms with Crippen molar-refractivity contribution < 1.29 is 27.2 Å². The smallest absolute Gasteiger partial charge is 0.422 e. The van der Waals surface area contributed by atoms with Crippen LogP contribution in [-0.4, -0.2) is 28.8 Å². The third-order valence-corrected chi connectivity index (χ3v) is 3.49. The van der Waals surface area contributed by atoms with E-state index in [1.54, 1.807) is 6.07 Å². The van der Waals surface area contributed by atoms with Crippen LogP contribution in [0, 0.1) is 0 Å². The first kappa shape index (κ1) is 20.7. The first-order valence-electron chi connectivity index (χ1n) is 8.46. The van der Waals surface area contributed by atoms with Crippen molar-refractivity contribution in [3.63, 3.8) is 0 Å². The SMILES string of the molecule is CC(C)(C)c1noc(CCCC(=O)Nc2ccccc2OCC(F)(F)F)n1. The number of para-hydroxylation sites is 2. The molecule has 1 amide bonds. The highest BCUT2D eigenvalue weighted by Crippen LogP contribution is 2.26. The number of nitrogens with zero attached hydrogens (tertiary/aromatic N) is 2. The van der Waals surface area contributed by atoms with Gasteiger partial charge in [0.15, 0.2) is 12.4 Å². The molecular formula is C18H22F3N3O3. The van der Waals surface area contributed by atoms with Crippen LogP contribution >= 0.6 is 0 Å². The van der Waals surface area contributed by atoms with Crippen LogP contribution in [0.4, 0.5) is 18.9 Å². The lowest BCUT2D eigenvalue weighted by atomic mass is 9.96. The maximum Gasteiger partial charge on any atom is 0.422 e. The van der Waals surface area contributed by atoms with Gasteiger partial charge >= 0.3 is 6.18 Å².